The molecule has 0 aliphatic heterocycles. The number of rotatable bonds is 7. The predicted molar refractivity (Wildman–Crippen MR) is 83.8 cm³/mol. The summed E-state index contributed by atoms with van der Waals surface area (Å²) in [6.07, 6.45) is -2.28. The van der Waals surface area contributed by atoms with Crippen molar-refractivity contribution >= 4 is 5.97 Å². The summed E-state index contributed by atoms with van der Waals surface area (Å²) in [7, 11) is 0. The second-order valence-electron chi connectivity index (χ2n) is 5.37. The number of alkyl halides is 3. The Labute approximate surface area is 137 Å². The highest BCUT2D eigenvalue weighted by atomic mass is 19.4. The number of unbranched alkanes of at least 4 members (excludes halogenated alkanes) is 1. The highest BCUT2D eigenvalue weighted by molar-refractivity contribution is 5.66. The highest BCUT2D eigenvalue weighted by Gasteiger charge is 2.30. The number of halogens is 3. The van der Waals surface area contributed by atoms with Crippen molar-refractivity contribution in [3.8, 4) is 16.9 Å². The zero-order chi connectivity index (χ0) is 17.6. The van der Waals surface area contributed by atoms with Crippen molar-refractivity contribution in [1.29, 1.82) is 0 Å². The highest BCUT2D eigenvalue weighted by Crippen LogP contribution is 2.26. The topological polar surface area (TPSA) is 46.5 Å². The van der Waals surface area contributed by atoms with E-state index in [4.69, 9.17) is 5.11 Å². The number of carboxylic acid groups (broad SMARTS) is 1. The van der Waals surface area contributed by atoms with Crippen LogP contribution in [0.25, 0.3) is 11.1 Å². The number of aliphatic carboxylic acids is 1. The van der Waals surface area contributed by atoms with Crippen LogP contribution in [-0.4, -0.2) is 17.4 Å². The minimum absolute atomic E-state index is 0.171. The van der Waals surface area contributed by atoms with Gasteiger partial charge >= 0.3 is 12.3 Å². The number of carbonyl (C=O) groups is 1. The van der Waals surface area contributed by atoms with Gasteiger partial charge in [0.25, 0.3) is 0 Å². The molecule has 24 heavy (non-hydrogen) atoms. The average molecular weight is 338 g/mol. The van der Waals surface area contributed by atoms with Crippen LogP contribution in [0.3, 0.4) is 0 Å². The lowest BCUT2D eigenvalue weighted by Crippen LogP contribution is -2.16. The lowest BCUT2D eigenvalue weighted by molar-refractivity contribution is -0.274. The second kappa shape index (κ2) is 7.86. The average Bonchev–Trinajstić information content (AvgIpc) is 2.51. The number of aryl methyl sites for hydroxylation is 1. The van der Waals surface area contributed by atoms with E-state index in [-0.39, 0.29) is 12.2 Å². The van der Waals surface area contributed by atoms with Crippen LogP contribution in [0, 0.1) is 0 Å². The molecule has 0 saturated carbocycles. The SMILES string of the molecule is O=C(O)CCCCc1ccc(-c2ccc(OC(F)(F)F)cc2)cc1. The normalized spacial score (nSPS) is 11.3. The van der Waals surface area contributed by atoms with Gasteiger partial charge in [-0.15, -0.1) is 13.2 Å². The molecule has 0 bridgehead atoms. The van der Waals surface area contributed by atoms with Gasteiger partial charge in [-0.3, -0.25) is 4.79 Å². The Balaban J connectivity index is 1.94. The first kappa shape index (κ1) is 17.8. The Kier molecular flexibility index (Phi) is 5.84. The maximum atomic E-state index is 12.1. The van der Waals surface area contributed by atoms with Crippen molar-refractivity contribution in [1.82, 2.24) is 0 Å². The lowest BCUT2D eigenvalue weighted by atomic mass is 10.0. The molecular formula is C18H17F3O3. The lowest BCUT2D eigenvalue weighted by Gasteiger charge is -2.09. The van der Waals surface area contributed by atoms with Crippen molar-refractivity contribution in [3.05, 3.63) is 54.1 Å². The van der Waals surface area contributed by atoms with Gasteiger partial charge < -0.3 is 9.84 Å². The molecule has 0 aromatic heterocycles. The molecule has 0 spiro atoms. The fourth-order valence-electron chi connectivity index (χ4n) is 2.32. The maximum Gasteiger partial charge on any atom is 0.573 e. The summed E-state index contributed by atoms with van der Waals surface area (Å²) in [6.45, 7) is 0. The molecule has 0 aliphatic carbocycles. The Morgan fingerprint density at radius 1 is 0.917 bits per heavy atom. The second-order valence-corrected chi connectivity index (χ2v) is 5.37. The molecule has 0 heterocycles. The van der Waals surface area contributed by atoms with Gasteiger partial charge in [0.15, 0.2) is 0 Å². The van der Waals surface area contributed by atoms with E-state index in [0.29, 0.717) is 6.42 Å². The van der Waals surface area contributed by atoms with Gasteiger partial charge in [0.1, 0.15) is 5.75 Å². The summed E-state index contributed by atoms with van der Waals surface area (Å²) in [5.41, 5.74) is 2.78. The Morgan fingerprint density at radius 2 is 1.46 bits per heavy atom. The van der Waals surface area contributed by atoms with E-state index in [0.717, 1.165) is 29.5 Å². The monoisotopic (exact) mass is 338 g/mol. The van der Waals surface area contributed by atoms with Gasteiger partial charge in [-0.2, -0.15) is 0 Å². The molecular weight excluding hydrogens is 321 g/mol. The molecule has 0 amide bonds. The number of hydrogen-bond donors (Lipinski definition) is 1. The molecule has 3 nitrogen and oxygen atoms in total. The fourth-order valence-corrected chi connectivity index (χ4v) is 2.32. The van der Waals surface area contributed by atoms with E-state index in [1.54, 1.807) is 12.1 Å². The van der Waals surface area contributed by atoms with Crippen molar-refractivity contribution < 1.29 is 27.8 Å². The smallest absolute Gasteiger partial charge is 0.481 e. The van der Waals surface area contributed by atoms with Gasteiger partial charge in [0.2, 0.25) is 0 Å². The molecule has 2 rings (SSSR count). The molecule has 0 atom stereocenters. The third kappa shape index (κ3) is 5.95. The van der Waals surface area contributed by atoms with Crippen LogP contribution >= 0.6 is 0 Å². The fraction of sp³-hybridized carbons (Fsp3) is 0.278. The number of ether oxygens (including phenoxy) is 1. The van der Waals surface area contributed by atoms with Crippen molar-refractivity contribution in [2.45, 2.75) is 32.0 Å². The zero-order valence-electron chi connectivity index (χ0n) is 12.8. The van der Waals surface area contributed by atoms with Crippen LogP contribution in [0.5, 0.6) is 5.75 Å². The van der Waals surface area contributed by atoms with Crippen molar-refractivity contribution in [2.75, 3.05) is 0 Å². The van der Waals surface area contributed by atoms with Gasteiger partial charge in [-0.05, 0) is 48.1 Å². The first-order valence-electron chi connectivity index (χ1n) is 7.50. The molecule has 6 heteroatoms. The molecule has 1 N–H and O–H groups in total. The molecule has 0 aliphatic rings. The Bertz CT molecular complexity index is 661. The number of hydrogen-bond acceptors (Lipinski definition) is 2. The van der Waals surface area contributed by atoms with E-state index < -0.39 is 12.3 Å². The minimum atomic E-state index is -4.69. The molecule has 0 unspecified atom stereocenters. The first-order valence-corrected chi connectivity index (χ1v) is 7.50. The Hall–Kier alpha value is -2.50. The molecule has 2 aromatic carbocycles. The third-order valence-electron chi connectivity index (χ3n) is 3.48. The van der Waals surface area contributed by atoms with Crippen molar-refractivity contribution in [3.63, 3.8) is 0 Å². The van der Waals surface area contributed by atoms with E-state index in [2.05, 4.69) is 4.74 Å². The van der Waals surface area contributed by atoms with Crippen LogP contribution < -0.4 is 4.74 Å². The molecule has 2 aromatic rings. The molecule has 128 valence electrons. The summed E-state index contributed by atoms with van der Waals surface area (Å²) in [5.74, 6) is -1.04. The van der Waals surface area contributed by atoms with E-state index in [1.807, 2.05) is 24.3 Å². The summed E-state index contributed by atoms with van der Waals surface area (Å²) < 4.78 is 40.2. The summed E-state index contributed by atoms with van der Waals surface area (Å²) in [4.78, 5) is 10.4. The quantitative estimate of drug-likeness (QED) is 0.719. The summed E-state index contributed by atoms with van der Waals surface area (Å²) in [6, 6.07) is 13.4. The van der Waals surface area contributed by atoms with Crippen LogP contribution in [0.15, 0.2) is 48.5 Å². The van der Waals surface area contributed by atoms with E-state index in [9.17, 15) is 18.0 Å². The molecule has 0 radical (unpaired) electrons. The maximum absolute atomic E-state index is 12.1. The summed E-state index contributed by atoms with van der Waals surface area (Å²) in [5, 5.41) is 8.58. The van der Waals surface area contributed by atoms with E-state index >= 15 is 0 Å². The molecule has 0 saturated heterocycles. The third-order valence-corrected chi connectivity index (χ3v) is 3.48. The summed E-state index contributed by atoms with van der Waals surface area (Å²) >= 11 is 0. The van der Waals surface area contributed by atoms with Crippen LogP contribution in [0.2, 0.25) is 0 Å². The van der Waals surface area contributed by atoms with Crippen LogP contribution in [-0.2, 0) is 11.2 Å². The molecule has 0 fully saturated rings. The predicted octanol–water partition coefficient (Wildman–Crippen LogP) is 5.05. The van der Waals surface area contributed by atoms with Gasteiger partial charge in [0, 0.05) is 6.42 Å². The van der Waals surface area contributed by atoms with Crippen molar-refractivity contribution in [2.24, 2.45) is 0 Å². The van der Waals surface area contributed by atoms with Gasteiger partial charge in [-0.25, -0.2) is 0 Å². The van der Waals surface area contributed by atoms with Crippen LogP contribution in [0.1, 0.15) is 24.8 Å². The first-order chi connectivity index (χ1) is 11.3. The Morgan fingerprint density at radius 3 is 1.96 bits per heavy atom. The number of benzene rings is 2. The largest absolute Gasteiger partial charge is 0.573 e. The van der Waals surface area contributed by atoms with Crippen LogP contribution in [0.4, 0.5) is 13.2 Å². The van der Waals surface area contributed by atoms with E-state index in [1.165, 1.54) is 12.1 Å². The zero-order valence-corrected chi connectivity index (χ0v) is 12.8. The number of carboxylic acids is 1. The standard InChI is InChI=1S/C18H17F3O3/c19-18(20,21)24-16-11-9-15(10-12-16)14-7-5-13(6-8-14)3-1-2-4-17(22)23/h5-12H,1-4H2,(H,22,23). The van der Waals surface area contributed by atoms with Gasteiger partial charge in [0.05, 0.1) is 0 Å². The minimum Gasteiger partial charge on any atom is -0.481 e. The van der Waals surface area contributed by atoms with Gasteiger partial charge in [-0.1, -0.05) is 36.4 Å².